The summed E-state index contributed by atoms with van der Waals surface area (Å²) in [6.07, 6.45) is 2.30. The van der Waals surface area contributed by atoms with Crippen molar-refractivity contribution in [3.05, 3.63) is 63.6 Å². The van der Waals surface area contributed by atoms with Gasteiger partial charge in [0, 0.05) is 28.7 Å². The van der Waals surface area contributed by atoms with Crippen LogP contribution in [-0.4, -0.2) is 35.9 Å². The molecule has 168 valence electrons. The van der Waals surface area contributed by atoms with Gasteiger partial charge in [-0.25, -0.2) is 0 Å². The first kappa shape index (κ1) is 25.0. The zero-order valence-corrected chi connectivity index (χ0v) is 19.8. The van der Waals surface area contributed by atoms with Crippen molar-refractivity contribution in [2.24, 2.45) is 0 Å². The smallest absolute Gasteiger partial charge is 0.261 e. The number of ether oxygens (including phenoxy) is 1. The monoisotopic (exact) mass is 464 g/mol. The van der Waals surface area contributed by atoms with Crippen molar-refractivity contribution in [3.63, 3.8) is 0 Å². The number of carbonyl (C=O) groups is 2. The highest BCUT2D eigenvalue weighted by Gasteiger charge is 2.29. The maximum atomic E-state index is 13.2. The van der Waals surface area contributed by atoms with Crippen LogP contribution >= 0.6 is 23.2 Å². The molecule has 31 heavy (non-hydrogen) atoms. The minimum absolute atomic E-state index is 0.119. The fourth-order valence-corrected chi connectivity index (χ4v) is 3.73. The lowest BCUT2D eigenvalue weighted by Gasteiger charge is -2.31. The van der Waals surface area contributed by atoms with Crippen LogP contribution in [0.2, 0.25) is 10.0 Å². The Balaban J connectivity index is 2.24. The minimum Gasteiger partial charge on any atom is -0.484 e. The Kier molecular flexibility index (Phi) is 10.2. The Morgan fingerprint density at radius 2 is 1.77 bits per heavy atom. The van der Waals surface area contributed by atoms with Crippen molar-refractivity contribution in [3.8, 4) is 5.75 Å². The first-order chi connectivity index (χ1) is 14.9. The molecule has 0 saturated heterocycles. The summed E-state index contributed by atoms with van der Waals surface area (Å²) in [6, 6.07) is 12.0. The summed E-state index contributed by atoms with van der Waals surface area (Å²) >= 11 is 12.7. The van der Waals surface area contributed by atoms with Crippen molar-refractivity contribution < 1.29 is 14.3 Å². The molecule has 0 aliphatic carbocycles. The average molecular weight is 465 g/mol. The third-order valence-corrected chi connectivity index (χ3v) is 5.67. The molecule has 2 aromatic rings. The SMILES string of the molecule is CCCCNC(=O)[C@@H](CC)N(Cc1c(Cl)cccc1Cl)C(=O)COc1cccc(C)c1. The van der Waals surface area contributed by atoms with Gasteiger partial charge in [-0.1, -0.05) is 61.7 Å². The summed E-state index contributed by atoms with van der Waals surface area (Å²) in [5.41, 5.74) is 1.64. The second-order valence-corrected chi connectivity index (χ2v) is 8.21. The highest BCUT2D eigenvalue weighted by atomic mass is 35.5. The number of carbonyl (C=O) groups excluding carboxylic acids is 2. The summed E-state index contributed by atoms with van der Waals surface area (Å²) in [5.74, 6) is 0.0996. The first-order valence-corrected chi connectivity index (χ1v) is 11.3. The van der Waals surface area contributed by atoms with Crippen molar-refractivity contribution in [2.45, 2.75) is 52.6 Å². The number of unbranched alkanes of at least 4 members (excludes halogenated alkanes) is 1. The van der Waals surface area contributed by atoms with E-state index < -0.39 is 6.04 Å². The molecule has 0 bridgehead atoms. The minimum atomic E-state index is -0.655. The molecule has 1 N–H and O–H groups in total. The second kappa shape index (κ2) is 12.6. The summed E-state index contributed by atoms with van der Waals surface area (Å²) in [6.45, 7) is 6.38. The van der Waals surface area contributed by atoms with E-state index in [0.29, 0.717) is 34.3 Å². The van der Waals surface area contributed by atoms with E-state index in [2.05, 4.69) is 12.2 Å². The molecule has 0 aromatic heterocycles. The van der Waals surface area contributed by atoms with Crippen LogP contribution in [0.1, 0.15) is 44.2 Å². The number of amides is 2. The Morgan fingerprint density at radius 3 is 2.39 bits per heavy atom. The van der Waals surface area contributed by atoms with E-state index >= 15 is 0 Å². The second-order valence-electron chi connectivity index (χ2n) is 7.40. The maximum Gasteiger partial charge on any atom is 0.261 e. The van der Waals surface area contributed by atoms with Gasteiger partial charge in [0.25, 0.3) is 5.91 Å². The van der Waals surface area contributed by atoms with E-state index in [9.17, 15) is 9.59 Å². The first-order valence-electron chi connectivity index (χ1n) is 10.6. The van der Waals surface area contributed by atoms with Gasteiger partial charge >= 0.3 is 0 Å². The number of rotatable bonds is 11. The van der Waals surface area contributed by atoms with Crippen LogP contribution in [0.15, 0.2) is 42.5 Å². The molecule has 0 aliphatic rings. The van der Waals surface area contributed by atoms with Gasteiger partial charge in [-0.2, -0.15) is 0 Å². The zero-order chi connectivity index (χ0) is 22.8. The lowest BCUT2D eigenvalue weighted by molar-refractivity contribution is -0.143. The van der Waals surface area contributed by atoms with Crippen molar-refractivity contribution in [2.75, 3.05) is 13.2 Å². The third-order valence-electron chi connectivity index (χ3n) is 4.96. The third kappa shape index (κ3) is 7.44. The summed E-state index contributed by atoms with van der Waals surface area (Å²) in [5, 5.41) is 3.83. The molecule has 0 fully saturated rings. The molecular formula is C24H30Cl2N2O3. The number of nitrogens with one attached hydrogen (secondary N) is 1. The van der Waals surface area contributed by atoms with Crippen LogP contribution in [0, 0.1) is 6.92 Å². The van der Waals surface area contributed by atoms with E-state index in [-0.39, 0.29) is 25.0 Å². The Labute approximate surface area is 194 Å². The largest absolute Gasteiger partial charge is 0.484 e. The lowest BCUT2D eigenvalue weighted by atomic mass is 10.1. The molecule has 2 amide bonds. The van der Waals surface area contributed by atoms with E-state index in [1.807, 2.05) is 32.0 Å². The average Bonchev–Trinajstić information content (AvgIpc) is 2.74. The number of benzene rings is 2. The molecular weight excluding hydrogens is 435 g/mol. The fraction of sp³-hybridized carbons (Fsp3) is 0.417. The molecule has 0 radical (unpaired) electrons. The number of hydrogen-bond acceptors (Lipinski definition) is 3. The summed E-state index contributed by atoms with van der Waals surface area (Å²) in [4.78, 5) is 27.6. The van der Waals surface area contributed by atoms with E-state index in [4.69, 9.17) is 27.9 Å². The van der Waals surface area contributed by atoms with Crippen LogP contribution in [0.3, 0.4) is 0 Å². The van der Waals surface area contributed by atoms with Gasteiger partial charge in [-0.05, 0) is 49.6 Å². The highest BCUT2D eigenvalue weighted by molar-refractivity contribution is 6.36. The standard InChI is InChI=1S/C24H30Cl2N2O3/c1-4-6-13-27-24(30)22(5-2)28(15-19-20(25)11-8-12-21(19)26)23(29)16-31-18-10-7-9-17(3)14-18/h7-12,14,22H,4-6,13,15-16H2,1-3H3,(H,27,30)/t22-/m1/s1. The van der Waals surface area contributed by atoms with Gasteiger partial charge in [0.1, 0.15) is 11.8 Å². The number of aryl methyl sites for hydroxylation is 1. The number of hydrogen-bond donors (Lipinski definition) is 1. The molecule has 0 unspecified atom stereocenters. The topological polar surface area (TPSA) is 58.6 Å². The van der Waals surface area contributed by atoms with Gasteiger partial charge in [0.15, 0.2) is 6.61 Å². The molecule has 0 aliphatic heterocycles. The molecule has 0 spiro atoms. The van der Waals surface area contributed by atoms with E-state index in [1.54, 1.807) is 24.3 Å². The molecule has 0 heterocycles. The number of halogens is 2. The van der Waals surface area contributed by atoms with Gasteiger partial charge < -0.3 is 15.0 Å². The normalized spacial score (nSPS) is 11.6. The molecule has 2 aromatic carbocycles. The summed E-state index contributed by atoms with van der Waals surface area (Å²) < 4.78 is 5.71. The van der Waals surface area contributed by atoms with Crippen LogP contribution in [0.25, 0.3) is 0 Å². The molecule has 5 nitrogen and oxygen atoms in total. The fourth-order valence-electron chi connectivity index (χ4n) is 3.21. The van der Waals surface area contributed by atoms with Gasteiger partial charge in [-0.15, -0.1) is 0 Å². The van der Waals surface area contributed by atoms with Crippen LogP contribution < -0.4 is 10.1 Å². The Morgan fingerprint density at radius 1 is 1.10 bits per heavy atom. The molecule has 7 heteroatoms. The quantitative estimate of drug-likeness (QED) is 0.452. The predicted octanol–water partition coefficient (Wildman–Crippen LogP) is 5.40. The lowest BCUT2D eigenvalue weighted by Crippen LogP contribution is -2.50. The van der Waals surface area contributed by atoms with Crippen LogP contribution in [0.4, 0.5) is 0 Å². The van der Waals surface area contributed by atoms with Gasteiger partial charge in [0.2, 0.25) is 5.91 Å². The Hall–Kier alpha value is -2.24. The maximum absolute atomic E-state index is 13.2. The number of nitrogens with zero attached hydrogens (tertiary/aromatic N) is 1. The van der Waals surface area contributed by atoms with Gasteiger partial charge in [0.05, 0.1) is 0 Å². The van der Waals surface area contributed by atoms with Crippen molar-refractivity contribution >= 4 is 35.0 Å². The van der Waals surface area contributed by atoms with E-state index in [1.165, 1.54) is 4.90 Å². The van der Waals surface area contributed by atoms with E-state index in [0.717, 1.165) is 18.4 Å². The van der Waals surface area contributed by atoms with Crippen molar-refractivity contribution in [1.82, 2.24) is 10.2 Å². The predicted molar refractivity (Wildman–Crippen MR) is 126 cm³/mol. The highest BCUT2D eigenvalue weighted by Crippen LogP contribution is 2.27. The Bertz CT molecular complexity index is 869. The molecule has 1 atom stereocenters. The van der Waals surface area contributed by atoms with Gasteiger partial charge in [-0.3, -0.25) is 9.59 Å². The zero-order valence-electron chi connectivity index (χ0n) is 18.3. The van der Waals surface area contributed by atoms with Crippen LogP contribution in [0.5, 0.6) is 5.75 Å². The molecule has 0 saturated carbocycles. The summed E-state index contributed by atoms with van der Waals surface area (Å²) in [7, 11) is 0. The van der Waals surface area contributed by atoms with Crippen molar-refractivity contribution in [1.29, 1.82) is 0 Å². The molecule has 2 rings (SSSR count). The van der Waals surface area contributed by atoms with Crippen LogP contribution in [-0.2, 0) is 16.1 Å².